The van der Waals surface area contributed by atoms with Crippen molar-refractivity contribution < 1.29 is 16.3 Å². The minimum atomic E-state index is 1.19. The molecule has 0 aliphatic heterocycles. The molecular weight excluding hydrogens is 231 g/mol. The summed E-state index contributed by atoms with van der Waals surface area (Å²) in [6.07, 6.45) is 4.44. The molecule has 1 aromatic heterocycles. The SMILES string of the molecule is Cc1c[c-]ncc1.[Zn+][Br]. The van der Waals surface area contributed by atoms with Gasteiger partial charge in [-0.1, -0.05) is 19.3 Å². The van der Waals surface area contributed by atoms with Crippen LogP contribution in [0.1, 0.15) is 5.56 Å². The normalized spacial score (nSPS) is 7.56. The van der Waals surface area contributed by atoms with Crippen molar-refractivity contribution in [3.63, 3.8) is 0 Å². The Morgan fingerprint density at radius 2 is 2.33 bits per heavy atom. The third-order valence-corrected chi connectivity index (χ3v) is 0.779. The molecule has 1 aromatic rings. The van der Waals surface area contributed by atoms with Gasteiger partial charge < -0.3 is 4.98 Å². The summed E-state index contributed by atoms with van der Waals surface area (Å²) in [6.45, 7) is 2.01. The van der Waals surface area contributed by atoms with E-state index in [1.807, 2.05) is 19.1 Å². The summed E-state index contributed by atoms with van der Waals surface area (Å²) in [5.41, 5.74) is 1.20. The number of aromatic nitrogens is 1. The predicted molar refractivity (Wildman–Crippen MR) is 36.7 cm³/mol. The van der Waals surface area contributed by atoms with Crippen LogP contribution in [0.2, 0.25) is 0 Å². The van der Waals surface area contributed by atoms with Crippen LogP contribution >= 0.6 is 13.6 Å². The molecule has 0 aromatic carbocycles. The monoisotopic (exact) mass is 235 g/mol. The Balaban J connectivity index is 0.000000291. The molecule has 3 heteroatoms. The Hall–Kier alpha value is 0.253. The van der Waals surface area contributed by atoms with Crippen LogP contribution in [0.25, 0.3) is 0 Å². The molecule has 0 bridgehead atoms. The van der Waals surface area contributed by atoms with Crippen LogP contribution in [-0.4, -0.2) is 4.98 Å². The van der Waals surface area contributed by atoms with E-state index < -0.39 is 0 Å². The van der Waals surface area contributed by atoms with Gasteiger partial charge in [0, 0.05) is 0 Å². The van der Waals surface area contributed by atoms with Crippen molar-refractivity contribution in [3.05, 3.63) is 30.1 Å². The molecule has 0 spiro atoms. The molecule has 44 valence electrons. The first-order valence-corrected chi connectivity index (χ1v) is 9.40. The number of rotatable bonds is 0. The molecule has 1 rings (SSSR count). The fourth-order valence-electron chi connectivity index (χ4n) is 0.385. The third-order valence-electron chi connectivity index (χ3n) is 0.779. The van der Waals surface area contributed by atoms with E-state index in [1.54, 1.807) is 6.20 Å². The van der Waals surface area contributed by atoms with E-state index >= 15 is 0 Å². The van der Waals surface area contributed by atoms with Gasteiger partial charge in [-0.3, -0.25) is 0 Å². The number of aryl methyl sites for hydroxylation is 1. The Kier molecular flexibility index (Phi) is 6.55. The van der Waals surface area contributed by atoms with Gasteiger partial charge in [-0.25, -0.2) is 0 Å². The molecular formula is C6H6BrNZn. The van der Waals surface area contributed by atoms with Crippen molar-refractivity contribution in [2.75, 3.05) is 0 Å². The molecule has 1 heterocycles. The second kappa shape index (κ2) is 6.37. The molecule has 0 saturated heterocycles. The van der Waals surface area contributed by atoms with Crippen molar-refractivity contribution in [1.82, 2.24) is 4.98 Å². The molecule has 1 nitrogen and oxygen atoms in total. The maximum atomic E-state index is 3.72. The van der Waals surface area contributed by atoms with E-state index in [1.165, 1.54) is 21.9 Å². The fourth-order valence-corrected chi connectivity index (χ4v) is 0.385. The van der Waals surface area contributed by atoms with Crippen molar-refractivity contribution in [1.29, 1.82) is 0 Å². The molecule has 0 unspecified atom stereocenters. The van der Waals surface area contributed by atoms with E-state index in [4.69, 9.17) is 0 Å². The standard InChI is InChI=1S/C6H6N.BrH.Zn/c1-6-2-4-7-5-3-6;;/h2-4H,1H3;1H;/q-1;;+2/p-1. The van der Waals surface area contributed by atoms with Crippen LogP contribution in [0.4, 0.5) is 0 Å². The molecule has 0 saturated carbocycles. The van der Waals surface area contributed by atoms with E-state index in [9.17, 15) is 0 Å². The van der Waals surface area contributed by atoms with Gasteiger partial charge in [0.1, 0.15) is 0 Å². The quantitative estimate of drug-likeness (QED) is 0.497. The van der Waals surface area contributed by atoms with Gasteiger partial charge in [0.25, 0.3) is 0 Å². The molecule has 9 heavy (non-hydrogen) atoms. The maximum absolute atomic E-state index is 3.72. The predicted octanol–water partition coefficient (Wildman–Crippen LogP) is 2.03. The molecule has 0 radical (unpaired) electrons. The number of hydrogen-bond donors (Lipinski definition) is 0. The summed E-state index contributed by atoms with van der Waals surface area (Å²) >= 11 is 4.25. The zero-order chi connectivity index (χ0) is 7.11. The summed E-state index contributed by atoms with van der Waals surface area (Å²) in [4.78, 5) is 3.72. The fraction of sp³-hybridized carbons (Fsp3) is 0.167. The van der Waals surface area contributed by atoms with Crippen LogP contribution in [0.3, 0.4) is 0 Å². The Bertz CT molecular complexity index is 143. The Morgan fingerprint density at radius 1 is 1.67 bits per heavy atom. The van der Waals surface area contributed by atoms with Gasteiger partial charge in [-0.05, 0) is 0 Å². The van der Waals surface area contributed by atoms with Crippen molar-refractivity contribution in [3.8, 4) is 0 Å². The average molecular weight is 237 g/mol. The molecule has 0 aliphatic rings. The number of hydrogen-bond acceptors (Lipinski definition) is 1. The summed E-state index contributed by atoms with van der Waals surface area (Å²) in [5.74, 6) is 0. The second-order valence-electron chi connectivity index (χ2n) is 1.46. The van der Waals surface area contributed by atoms with Gasteiger partial charge in [0.2, 0.25) is 0 Å². The molecule has 0 aliphatic carbocycles. The first kappa shape index (κ1) is 9.25. The third kappa shape index (κ3) is 4.74. The minimum absolute atomic E-state index is 1.19. The zero-order valence-corrected chi connectivity index (χ0v) is 9.82. The van der Waals surface area contributed by atoms with Crippen LogP contribution in [0, 0.1) is 13.1 Å². The summed E-state index contributed by atoms with van der Waals surface area (Å²) in [5, 5.41) is 0. The van der Waals surface area contributed by atoms with Gasteiger partial charge in [-0.2, -0.15) is 17.7 Å². The number of pyridine rings is 1. The van der Waals surface area contributed by atoms with Crippen LogP contribution in [0.15, 0.2) is 18.3 Å². The molecule has 0 fully saturated rings. The first-order chi connectivity index (χ1) is 4.39. The van der Waals surface area contributed by atoms with Gasteiger partial charge in [0.15, 0.2) is 0 Å². The average Bonchev–Trinajstić information content (AvgIpc) is 1.94. The topological polar surface area (TPSA) is 12.9 Å². The van der Waals surface area contributed by atoms with Crippen LogP contribution < -0.4 is 0 Å². The van der Waals surface area contributed by atoms with Gasteiger partial charge in [-0.15, -0.1) is 0 Å². The number of halogens is 1. The van der Waals surface area contributed by atoms with E-state index in [-0.39, 0.29) is 0 Å². The van der Waals surface area contributed by atoms with Crippen LogP contribution in [-0.2, 0) is 16.3 Å². The Labute approximate surface area is 71.9 Å². The summed E-state index contributed by atoms with van der Waals surface area (Å²) in [6, 6.07) is 3.79. The van der Waals surface area contributed by atoms with Crippen molar-refractivity contribution in [2.24, 2.45) is 0 Å². The van der Waals surface area contributed by atoms with Gasteiger partial charge in [0.05, 0.1) is 0 Å². The first-order valence-electron chi connectivity index (χ1n) is 2.45. The molecule has 0 amide bonds. The summed E-state index contributed by atoms with van der Waals surface area (Å²) in [7, 11) is 0. The summed E-state index contributed by atoms with van der Waals surface area (Å²) < 4.78 is 0. The van der Waals surface area contributed by atoms with E-state index in [2.05, 4.69) is 24.8 Å². The number of nitrogens with zero attached hydrogens (tertiary/aromatic N) is 1. The zero-order valence-electron chi connectivity index (χ0n) is 5.26. The molecule has 0 N–H and O–H groups in total. The van der Waals surface area contributed by atoms with Gasteiger partial charge >= 0.3 is 30.0 Å². The van der Waals surface area contributed by atoms with Crippen LogP contribution in [0.5, 0.6) is 0 Å². The van der Waals surface area contributed by atoms with E-state index in [0.29, 0.717) is 0 Å². The molecule has 0 atom stereocenters. The second-order valence-corrected chi connectivity index (χ2v) is 1.46. The Morgan fingerprint density at radius 3 is 2.56 bits per heavy atom. The van der Waals surface area contributed by atoms with Crippen molar-refractivity contribution >= 4 is 13.6 Å². The van der Waals surface area contributed by atoms with Crippen molar-refractivity contribution in [2.45, 2.75) is 6.92 Å². The van der Waals surface area contributed by atoms with E-state index in [0.717, 1.165) is 0 Å².